The standard InChI is InChI=1S/C24H18N2O/c1-3-7-21-17(5-1)19-13-15(9-11-23(19)25-21)27-16-10-12-24-20(14-16)18-6-2-4-8-22(18)26-24/h1-14,19,23,25-26H. The van der Waals surface area contributed by atoms with Crippen LogP contribution < -0.4 is 10.1 Å². The summed E-state index contributed by atoms with van der Waals surface area (Å²) in [6, 6.07) is 23.4. The number of rotatable bonds is 2. The molecule has 3 heteroatoms. The van der Waals surface area contributed by atoms with Crippen molar-refractivity contribution in [3.8, 4) is 5.75 Å². The number of anilines is 1. The first-order chi connectivity index (χ1) is 13.3. The van der Waals surface area contributed by atoms with Crippen LogP contribution in [-0.4, -0.2) is 11.0 Å². The zero-order chi connectivity index (χ0) is 17.8. The number of fused-ring (bicyclic) bond motifs is 6. The summed E-state index contributed by atoms with van der Waals surface area (Å²) in [6.45, 7) is 0. The predicted molar refractivity (Wildman–Crippen MR) is 110 cm³/mol. The fourth-order valence-corrected chi connectivity index (χ4v) is 4.27. The van der Waals surface area contributed by atoms with E-state index >= 15 is 0 Å². The lowest BCUT2D eigenvalue weighted by Crippen LogP contribution is -2.19. The quantitative estimate of drug-likeness (QED) is 0.484. The summed E-state index contributed by atoms with van der Waals surface area (Å²) >= 11 is 0. The lowest BCUT2D eigenvalue weighted by molar-refractivity contribution is 0.436. The molecule has 1 aliphatic carbocycles. The van der Waals surface area contributed by atoms with Crippen LogP contribution in [0.1, 0.15) is 11.5 Å². The van der Waals surface area contributed by atoms with Gasteiger partial charge in [-0.1, -0.05) is 42.5 Å². The molecule has 1 aliphatic heterocycles. The minimum Gasteiger partial charge on any atom is -0.458 e. The maximum absolute atomic E-state index is 6.24. The molecular formula is C24H18N2O. The van der Waals surface area contributed by atoms with E-state index in [4.69, 9.17) is 4.74 Å². The Labute approximate surface area is 157 Å². The van der Waals surface area contributed by atoms with E-state index in [1.54, 1.807) is 0 Å². The van der Waals surface area contributed by atoms with Crippen molar-refractivity contribution >= 4 is 27.5 Å². The second-order valence-corrected chi connectivity index (χ2v) is 7.19. The molecular weight excluding hydrogens is 332 g/mol. The Morgan fingerprint density at radius 3 is 2.67 bits per heavy atom. The van der Waals surface area contributed by atoms with E-state index in [0.717, 1.165) is 22.5 Å². The average Bonchev–Trinajstić information content (AvgIpc) is 3.26. The molecule has 0 amide bonds. The van der Waals surface area contributed by atoms with Gasteiger partial charge in [0.25, 0.3) is 0 Å². The summed E-state index contributed by atoms with van der Waals surface area (Å²) in [7, 11) is 0. The van der Waals surface area contributed by atoms with Gasteiger partial charge in [-0.2, -0.15) is 0 Å². The molecule has 4 aromatic rings. The van der Waals surface area contributed by atoms with E-state index in [0.29, 0.717) is 12.0 Å². The van der Waals surface area contributed by atoms with Gasteiger partial charge in [-0.05, 0) is 48.0 Å². The molecule has 0 bridgehead atoms. The van der Waals surface area contributed by atoms with Crippen molar-refractivity contribution in [2.75, 3.05) is 5.32 Å². The summed E-state index contributed by atoms with van der Waals surface area (Å²) in [4.78, 5) is 3.46. The Hall–Kier alpha value is -3.46. The van der Waals surface area contributed by atoms with Crippen molar-refractivity contribution in [2.45, 2.75) is 12.0 Å². The molecule has 130 valence electrons. The molecule has 0 saturated carbocycles. The SMILES string of the molecule is C1=CC2Nc3ccccc3C2C=C1Oc1ccc2[nH]c3ccccc3c2c1. The minimum atomic E-state index is 0.311. The Kier molecular flexibility index (Phi) is 3.00. The van der Waals surface area contributed by atoms with Crippen molar-refractivity contribution in [3.63, 3.8) is 0 Å². The highest BCUT2D eigenvalue weighted by molar-refractivity contribution is 6.07. The number of hydrogen-bond acceptors (Lipinski definition) is 2. The first kappa shape index (κ1) is 14.7. The zero-order valence-electron chi connectivity index (χ0n) is 14.6. The van der Waals surface area contributed by atoms with Gasteiger partial charge in [-0.15, -0.1) is 0 Å². The highest BCUT2D eigenvalue weighted by atomic mass is 16.5. The summed E-state index contributed by atoms with van der Waals surface area (Å²) in [5, 5.41) is 5.98. The number of aromatic nitrogens is 1. The van der Waals surface area contributed by atoms with E-state index in [-0.39, 0.29) is 0 Å². The van der Waals surface area contributed by atoms with Gasteiger partial charge >= 0.3 is 0 Å². The number of allylic oxidation sites excluding steroid dienone is 1. The predicted octanol–water partition coefficient (Wildman–Crippen LogP) is 5.73. The van der Waals surface area contributed by atoms with E-state index in [1.165, 1.54) is 22.0 Å². The van der Waals surface area contributed by atoms with E-state index in [1.807, 2.05) is 6.07 Å². The lowest BCUT2D eigenvalue weighted by atomic mass is 9.91. The van der Waals surface area contributed by atoms with Gasteiger partial charge in [0.1, 0.15) is 11.5 Å². The third-order valence-corrected chi connectivity index (χ3v) is 5.55. The van der Waals surface area contributed by atoms with Crippen LogP contribution >= 0.6 is 0 Å². The Balaban J connectivity index is 1.36. The molecule has 2 unspecified atom stereocenters. The summed E-state index contributed by atoms with van der Waals surface area (Å²) in [5.74, 6) is 2.08. The fourth-order valence-electron chi connectivity index (χ4n) is 4.27. The van der Waals surface area contributed by atoms with Crippen molar-refractivity contribution in [1.29, 1.82) is 0 Å². The number of nitrogens with one attached hydrogen (secondary N) is 2. The summed E-state index contributed by atoms with van der Waals surface area (Å²) < 4.78 is 6.24. The maximum Gasteiger partial charge on any atom is 0.128 e. The van der Waals surface area contributed by atoms with E-state index in [9.17, 15) is 0 Å². The van der Waals surface area contributed by atoms with Crippen molar-refractivity contribution in [2.24, 2.45) is 0 Å². The minimum absolute atomic E-state index is 0.311. The molecule has 3 nitrogen and oxygen atoms in total. The van der Waals surface area contributed by atoms with Crippen LogP contribution in [0.25, 0.3) is 21.8 Å². The molecule has 1 aromatic heterocycles. The van der Waals surface area contributed by atoms with E-state index < -0.39 is 0 Å². The number of aromatic amines is 1. The number of H-pyrrole nitrogens is 1. The van der Waals surface area contributed by atoms with Crippen LogP contribution in [-0.2, 0) is 0 Å². The second kappa shape index (κ2) is 5.52. The van der Waals surface area contributed by atoms with Crippen molar-refractivity contribution < 1.29 is 4.74 Å². The highest BCUT2D eigenvalue weighted by Crippen LogP contribution is 2.40. The van der Waals surface area contributed by atoms with Gasteiger partial charge in [0.05, 0.1) is 6.04 Å². The van der Waals surface area contributed by atoms with Gasteiger partial charge in [0.15, 0.2) is 0 Å². The number of hydrogen-bond donors (Lipinski definition) is 2. The lowest BCUT2D eigenvalue weighted by Gasteiger charge is -2.19. The van der Waals surface area contributed by atoms with Crippen molar-refractivity contribution in [3.05, 3.63) is 96.3 Å². The molecule has 2 aliphatic rings. The van der Waals surface area contributed by atoms with E-state index in [2.05, 4.69) is 89.2 Å². The highest BCUT2D eigenvalue weighted by Gasteiger charge is 2.31. The first-order valence-corrected chi connectivity index (χ1v) is 9.29. The van der Waals surface area contributed by atoms with Gasteiger partial charge in [-0.3, -0.25) is 0 Å². The summed E-state index contributed by atoms with van der Waals surface area (Å²) in [6.07, 6.45) is 6.49. The Morgan fingerprint density at radius 1 is 0.815 bits per heavy atom. The van der Waals surface area contributed by atoms with Crippen LogP contribution in [0.15, 0.2) is 90.7 Å². The molecule has 2 N–H and O–H groups in total. The molecule has 27 heavy (non-hydrogen) atoms. The largest absolute Gasteiger partial charge is 0.458 e. The van der Waals surface area contributed by atoms with Gasteiger partial charge < -0.3 is 15.0 Å². The third kappa shape index (κ3) is 2.28. The van der Waals surface area contributed by atoms with Crippen LogP contribution in [0.4, 0.5) is 5.69 Å². The molecule has 0 spiro atoms. The number of benzene rings is 3. The third-order valence-electron chi connectivity index (χ3n) is 5.55. The Morgan fingerprint density at radius 2 is 1.67 bits per heavy atom. The second-order valence-electron chi connectivity index (χ2n) is 7.19. The molecule has 0 radical (unpaired) electrons. The number of para-hydroxylation sites is 2. The van der Waals surface area contributed by atoms with Crippen LogP contribution in [0, 0.1) is 0 Å². The normalized spacial score (nSPS) is 20.2. The van der Waals surface area contributed by atoms with Gasteiger partial charge in [-0.25, -0.2) is 0 Å². The number of ether oxygens (including phenoxy) is 1. The maximum atomic E-state index is 6.24. The van der Waals surface area contributed by atoms with Crippen LogP contribution in [0.5, 0.6) is 5.75 Å². The molecule has 2 heterocycles. The van der Waals surface area contributed by atoms with Crippen LogP contribution in [0.2, 0.25) is 0 Å². The van der Waals surface area contributed by atoms with Gasteiger partial charge in [0.2, 0.25) is 0 Å². The first-order valence-electron chi connectivity index (χ1n) is 9.29. The topological polar surface area (TPSA) is 37.0 Å². The summed E-state index contributed by atoms with van der Waals surface area (Å²) in [5.41, 5.74) is 4.83. The molecule has 3 aromatic carbocycles. The smallest absolute Gasteiger partial charge is 0.128 e. The molecule has 6 rings (SSSR count). The van der Waals surface area contributed by atoms with Gasteiger partial charge in [0, 0.05) is 33.4 Å². The molecule has 2 atom stereocenters. The van der Waals surface area contributed by atoms with Crippen LogP contribution in [0.3, 0.4) is 0 Å². The molecule has 0 saturated heterocycles. The Bertz CT molecular complexity index is 1250. The monoisotopic (exact) mass is 350 g/mol. The fraction of sp³-hybridized carbons (Fsp3) is 0.0833. The zero-order valence-corrected chi connectivity index (χ0v) is 14.6. The van der Waals surface area contributed by atoms with Crippen molar-refractivity contribution in [1.82, 2.24) is 4.98 Å². The average molecular weight is 350 g/mol. The molecule has 0 fully saturated rings.